The summed E-state index contributed by atoms with van der Waals surface area (Å²) in [5.74, 6) is 0. The van der Waals surface area contributed by atoms with Crippen molar-refractivity contribution in [2.24, 2.45) is 5.41 Å². The van der Waals surface area contributed by atoms with E-state index in [9.17, 15) is 0 Å². The van der Waals surface area contributed by atoms with Gasteiger partial charge in [-0.25, -0.2) is 0 Å². The largest absolute Gasteiger partial charge is 0.502 e. The zero-order valence-corrected chi connectivity index (χ0v) is 15.8. The minimum atomic E-state index is -2.63. The maximum Gasteiger partial charge on any atom is 0.502 e. The molecule has 0 amide bonds. The number of rotatable bonds is 12. The van der Waals surface area contributed by atoms with Gasteiger partial charge in [0.25, 0.3) is 0 Å². The lowest BCUT2D eigenvalue weighted by Crippen LogP contribution is -2.50. The first-order chi connectivity index (χ1) is 10.5. The zero-order chi connectivity index (χ0) is 16.6. The van der Waals surface area contributed by atoms with Crippen LogP contribution in [0.1, 0.15) is 26.7 Å². The maximum absolute atomic E-state index is 5.87. The molecule has 2 unspecified atom stereocenters. The molecule has 0 spiro atoms. The normalized spacial score (nSPS) is 20.5. The fourth-order valence-corrected chi connectivity index (χ4v) is 4.84. The molecule has 1 aliphatic rings. The van der Waals surface area contributed by atoms with Crippen LogP contribution in [0.2, 0.25) is 6.04 Å². The van der Waals surface area contributed by atoms with E-state index in [2.05, 4.69) is 6.92 Å². The summed E-state index contributed by atoms with van der Waals surface area (Å²) < 4.78 is 33.4. The minimum Gasteiger partial charge on any atom is -0.381 e. The molecule has 0 aliphatic carbocycles. The molecule has 1 aliphatic heterocycles. The van der Waals surface area contributed by atoms with Gasteiger partial charge in [-0.05, 0) is 19.8 Å². The van der Waals surface area contributed by atoms with Gasteiger partial charge in [-0.3, -0.25) is 0 Å². The lowest BCUT2D eigenvalue weighted by molar-refractivity contribution is -0.173. The Morgan fingerprint density at radius 2 is 1.64 bits per heavy atom. The molecule has 1 heterocycles. The van der Waals surface area contributed by atoms with Crippen LogP contribution in [0.5, 0.6) is 0 Å². The Kier molecular flexibility index (Phi) is 8.48. The Balaban J connectivity index is 2.59. The lowest BCUT2D eigenvalue weighted by atomic mass is 9.80. The van der Waals surface area contributed by atoms with E-state index in [1.165, 1.54) is 0 Å². The zero-order valence-electron chi connectivity index (χ0n) is 14.8. The minimum absolute atomic E-state index is 0.0405. The predicted octanol–water partition coefficient (Wildman–Crippen LogP) is 2.10. The van der Waals surface area contributed by atoms with E-state index in [4.69, 9.17) is 27.5 Å². The van der Waals surface area contributed by atoms with Crippen molar-refractivity contribution in [1.29, 1.82) is 0 Å². The van der Waals surface area contributed by atoms with Gasteiger partial charge in [0.1, 0.15) is 0 Å². The van der Waals surface area contributed by atoms with Crippen LogP contribution >= 0.6 is 0 Å². The van der Waals surface area contributed by atoms with Crippen LogP contribution in [0.4, 0.5) is 0 Å². The number of hydrogen-bond donors (Lipinski definition) is 0. The van der Waals surface area contributed by atoms with Crippen LogP contribution in [0.3, 0.4) is 0 Å². The average molecular weight is 337 g/mol. The van der Waals surface area contributed by atoms with Crippen LogP contribution in [-0.2, 0) is 27.5 Å². The average Bonchev–Trinajstić information content (AvgIpc) is 2.51. The molecule has 0 N–H and O–H groups in total. The standard InChI is InChI=1S/C15H32O6Si/c1-7-21-13(10-22(17-4,18-5)19-6)8-9-14(16-3)15(2)11-20-12-15/h13-14H,7-12H2,1-6H3. The van der Waals surface area contributed by atoms with E-state index >= 15 is 0 Å². The van der Waals surface area contributed by atoms with E-state index < -0.39 is 8.80 Å². The van der Waals surface area contributed by atoms with Crippen LogP contribution in [0.15, 0.2) is 0 Å². The Hall–Kier alpha value is -0.0231. The van der Waals surface area contributed by atoms with Gasteiger partial charge < -0.3 is 27.5 Å². The van der Waals surface area contributed by atoms with Crippen molar-refractivity contribution in [2.75, 3.05) is 48.3 Å². The van der Waals surface area contributed by atoms with Gasteiger partial charge in [-0.2, -0.15) is 0 Å². The summed E-state index contributed by atoms with van der Waals surface area (Å²) in [5.41, 5.74) is 0.115. The van der Waals surface area contributed by atoms with Gasteiger partial charge in [-0.15, -0.1) is 0 Å². The van der Waals surface area contributed by atoms with Gasteiger partial charge in [0.15, 0.2) is 0 Å². The fourth-order valence-electron chi connectivity index (χ4n) is 2.96. The van der Waals surface area contributed by atoms with Crippen molar-refractivity contribution in [3.05, 3.63) is 0 Å². The molecule has 22 heavy (non-hydrogen) atoms. The first-order valence-electron chi connectivity index (χ1n) is 7.86. The second kappa shape index (κ2) is 9.32. The highest BCUT2D eigenvalue weighted by Crippen LogP contribution is 2.35. The van der Waals surface area contributed by atoms with E-state index in [1.54, 1.807) is 28.4 Å². The summed E-state index contributed by atoms with van der Waals surface area (Å²) in [4.78, 5) is 0. The van der Waals surface area contributed by atoms with Crippen molar-refractivity contribution in [2.45, 2.75) is 44.9 Å². The summed E-state index contributed by atoms with van der Waals surface area (Å²) in [5, 5.41) is 0. The third-order valence-electron chi connectivity index (χ3n) is 4.49. The SMILES string of the molecule is CCOC(CCC(OC)C1(C)COC1)C[Si](OC)(OC)OC. The molecule has 0 aromatic heterocycles. The molecule has 0 saturated carbocycles. The summed E-state index contributed by atoms with van der Waals surface area (Å²) in [6.07, 6.45) is 2.02. The van der Waals surface area contributed by atoms with Crippen molar-refractivity contribution in [1.82, 2.24) is 0 Å². The Morgan fingerprint density at radius 3 is 2.00 bits per heavy atom. The van der Waals surface area contributed by atoms with E-state index in [0.717, 1.165) is 26.1 Å². The quantitative estimate of drug-likeness (QED) is 0.509. The fraction of sp³-hybridized carbons (Fsp3) is 1.00. The van der Waals surface area contributed by atoms with Gasteiger partial charge in [0, 0.05) is 46.5 Å². The van der Waals surface area contributed by atoms with E-state index in [1.807, 2.05) is 6.92 Å². The summed E-state index contributed by atoms with van der Waals surface area (Å²) in [7, 11) is 4.03. The highest BCUT2D eigenvalue weighted by molar-refractivity contribution is 6.60. The van der Waals surface area contributed by atoms with E-state index in [0.29, 0.717) is 12.7 Å². The van der Waals surface area contributed by atoms with Gasteiger partial charge in [-0.1, -0.05) is 6.92 Å². The first kappa shape index (κ1) is 20.0. The first-order valence-corrected chi connectivity index (χ1v) is 9.80. The van der Waals surface area contributed by atoms with Gasteiger partial charge in [0.05, 0.1) is 25.4 Å². The number of hydrogen-bond acceptors (Lipinski definition) is 6. The lowest BCUT2D eigenvalue weighted by Gasteiger charge is -2.44. The molecule has 0 bridgehead atoms. The predicted molar refractivity (Wildman–Crippen MR) is 86.0 cm³/mol. The molecule has 0 radical (unpaired) electrons. The van der Waals surface area contributed by atoms with Crippen molar-refractivity contribution < 1.29 is 27.5 Å². The molecule has 1 fully saturated rings. The smallest absolute Gasteiger partial charge is 0.381 e. The van der Waals surface area contributed by atoms with E-state index in [-0.39, 0.29) is 17.6 Å². The van der Waals surface area contributed by atoms with Crippen LogP contribution in [0, 0.1) is 5.41 Å². The van der Waals surface area contributed by atoms with Crippen LogP contribution < -0.4 is 0 Å². The number of methoxy groups -OCH3 is 1. The Morgan fingerprint density at radius 1 is 1.05 bits per heavy atom. The molecule has 132 valence electrons. The molecular formula is C15H32O6Si. The molecule has 2 atom stereocenters. The molecule has 6 nitrogen and oxygen atoms in total. The monoisotopic (exact) mass is 336 g/mol. The Labute approximate surface area is 135 Å². The summed E-state index contributed by atoms with van der Waals surface area (Å²) in [6, 6.07) is 0.647. The summed E-state index contributed by atoms with van der Waals surface area (Å²) >= 11 is 0. The molecule has 1 saturated heterocycles. The topological polar surface area (TPSA) is 55.4 Å². The van der Waals surface area contributed by atoms with Crippen LogP contribution in [0.25, 0.3) is 0 Å². The second-order valence-electron chi connectivity index (χ2n) is 6.03. The summed E-state index contributed by atoms with van der Waals surface area (Å²) in [6.45, 7) is 6.39. The van der Waals surface area contributed by atoms with Gasteiger partial charge in [0.2, 0.25) is 0 Å². The molecule has 0 aromatic rings. The maximum atomic E-state index is 5.87. The highest BCUT2D eigenvalue weighted by atomic mass is 28.4. The van der Waals surface area contributed by atoms with Crippen molar-refractivity contribution >= 4 is 8.80 Å². The van der Waals surface area contributed by atoms with Gasteiger partial charge >= 0.3 is 8.80 Å². The van der Waals surface area contributed by atoms with Crippen LogP contribution in [-0.4, -0.2) is 69.3 Å². The third kappa shape index (κ3) is 4.99. The van der Waals surface area contributed by atoms with Crippen molar-refractivity contribution in [3.8, 4) is 0 Å². The molecule has 1 rings (SSSR count). The third-order valence-corrected chi connectivity index (χ3v) is 7.31. The molecular weight excluding hydrogens is 304 g/mol. The molecule has 0 aromatic carbocycles. The van der Waals surface area contributed by atoms with Crippen molar-refractivity contribution in [3.63, 3.8) is 0 Å². The number of ether oxygens (including phenoxy) is 3. The second-order valence-corrected chi connectivity index (χ2v) is 9.02. The molecule has 7 heteroatoms. The highest BCUT2D eigenvalue weighted by Gasteiger charge is 2.44. The Bertz CT molecular complexity index is 298.